The zero-order valence-electron chi connectivity index (χ0n) is 11.3. The van der Waals surface area contributed by atoms with E-state index in [-0.39, 0.29) is 17.5 Å². The van der Waals surface area contributed by atoms with Crippen molar-refractivity contribution in [1.82, 2.24) is 5.32 Å². The molecule has 3 N–H and O–H groups in total. The van der Waals surface area contributed by atoms with Crippen LogP contribution in [-0.2, 0) is 4.79 Å². The molecule has 1 aromatic carbocycles. The third-order valence-electron chi connectivity index (χ3n) is 2.57. The summed E-state index contributed by atoms with van der Waals surface area (Å²) in [5.41, 5.74) is 6.55. The van der Waals surface area contributed by atoms with E-state index in [1.807, 2.05) is 13.8 Å². The molecule has 0 aliphatic heterocycles. The molecule has 0 spiro atoms. The lowest BCUT2D eigenvalue weighted by Gasteiger charge is -2.21. The van der Waals surface area contributed by atoms with Crippen molar-refractivity contribution in [3.05, 3.63) is 23.0 Å². The first-order valence-corrected chi connectivity index (χ1v) is 6.41. The Morgan fingerprint density at radius 2 is 2.16 bits per heavy atom. The van der Waals surface area contributed by atoms with Gasteiger partial charge in [-0.25, -0.2) is 4.39 Å². The van der Waals surface area contributed by atoms with Gasteiger partial charge in [-0.05, 0) is 12.0 Å². The van der Waals surface area contributed by atoms with E-state index in [0.717, 1.165) is 0 Å². The van der Waals surface area contributed by atoms with E-state index in [0.29, 0.717) is 23.8 Å². The first-order chi connectivity index (χ1) is 8.81. The Morgan fingerprint density at radius 3 is 2.74 bits per heavy atom. The maximum absolute atomic E-state index is 13.4. The van der Waals surface area contributed by atoms with E-state index in [2.05, 4.69) is 5.32 Å². The Hall–Kier alpha value is -1.49. The fourth-order valence-corrected chi connectivity index (χ4v) is 1.73. The van der Waals surface area contributed by atoms with Crippen molar-refractivity contribution in [1.29, 1.82) is 0 Å². The Balaban J connectivity index is 2.70. The summed E-state index contributed by atoms with van der Waals surface area (Å²) in [7, 11) is 1.67. The molecule has 0 saturated heterocycles. The fourth-order valence-electron chi connectivity index (χ4n) is 1.56. The number of likely N-dealkylation sites (N-methyl/N-ethyl adjacent to an activating group) is 1. The summed E-state index contributed by atoms with van der Waals surface area (Å²) >= 11 is 5.63. The Kier molecular flexibility index (Phi) is 5.42. The molecular weight excluding hydrogens is 269 g/mol. The minimum absolute atomic E-state index is 0.0288. The van der Waals surface area contributed by atoms with Gasteiger partial charge in [-0.3, -0.25) is 4.79 Å². The van der Waals surface area contributed by atoms with Crippen molar-refractivity contribution in [2.24, 2.45) is 5.92 Å². The van der Waals surface area contributed by atoms with E-state index in [4.69, 9.17) is 17.3 Å². The van der Waals surface area contributed by atoms with Gasteiger partial charge in [-0.1, -0.05) is 25.4 Å². The molecule has 106 valence electrons. The lowest BCUT2D eigenvalue weighted by atomic mass is 10.2. The first kappa shape index (κ1) is 15.6. The minimum Gasteiger partial charge on any atom is -0.397 e. The third-order valence-corrected chi connectivity index (χ3v) is 2.86. The molecule has 0 bridgehead atoms. The molecule has 0 atom stereocenters. The quantitative estimate of drug-likeness (QED) is 0.817. The predicted molar refractivity (Wildman–Crippen MR) is 76.9 cm³/mol. The highest BCUT2D eigenvalue weighted by Crippen LogP contribution is 2.28. The molecule has 0 saturated carbocycles. The SMILES string of the molecule is CC(C)CNC(=O)CN(C)c1cc(F)c(Cl)cc1N. The molecule has 19 heavy (non-hydrogen) atoms. The van der Waals surface area contributed by atoms with Crippen molar-refractivity contribution in [3.8, 4) is 0 Å². The number of nitrogens with zero attached hydrogens (tertiary/aromatic N) is 1. The first-order valence-electron chi connectivity index (χ1n) is 6.03. The van der Waals surface area contributed by atoms with Gasteiger partial charge < -0.3 is 16.0 Å². The molecule has 1 aromatic rings. The summed E-state index contributed by atoms with van der Waals surface area (Å²) in [5, 5.41) is 2.76. The average Bonchev–Trinajstić information content (AvgIpc) is 2.31. The minimum atomic E-state index is -0.555. The zero-order valence-corrected chi connectivity index (χ0v) is 12.1. The van der Waals surface area contributed by atoms with Crippen LogP contribution in [0.25, 0.3) is 0 Å². The molecule has 0 heterocycles. The maximum atomic E-state index is 13.4. The van der Waals surface area contributed by atoms with Gasteiger partial charge in [0, 0.05) is 19.7 Å². The number of benzene rings is 1. The van der Waals surface area contributed by atoms with Crippen LogP contribution >= 0.6 is 11.6 Å². The molecule has 1 amide bonds. The number of carbonyl (C=O) groups excluding carboxylic acids is 1. The largest absolute Gasteiger partial charge is 0.397 e. The van der Waals surface area contributed by atoms with E-state index >= 15 is 0 Å². The van der Waals surface area contributed by atoms with Crippen LogP contribution in [-0.4, -0.2) is 26.0 Å². The van der Waals surface area contributed by atoms with Gasteiger partial charge >= 0.3 is 0 Å². The highest BCUT2D eigenvalue weighted by Gasteiger charge is 2.13. The summed E-state index contributed by atoms with van der Waals surface area (Å²) in [5.74, 6) is -0.307. The van der Waals surface area contributed by atoms with Crippen molar-refractivity contribution in [2.45, 2.75) is 13.8 Å². The monoisotopic (exact) mass is 287 g/mol. The normalized spacial score (nSPS) is 10.6. The number of nitrogens with two attached hydrogens (primary N) is 1. The molecule has 0 aliphatic rings. The molecule has 4 nitrogen and oxygen atoms in total. The second-order valence-electron chi connectivity index (χ2n) is 4.88. The van der Waals surface area contributed by atoms with Crippen LogP contribution in [0.2, 0.25) is 5.02 Å². The molecule has 0 fully saturated rings. The van der Waals surface area contributed by atoms with Crippen LogP contribution in [0.3, 0.4) is 0 Å². The van der Waals surface area contributed by atoms with Gasteiger partial charge in [-0.2, -0.15) is 0 Å². The van der Waals surface area contributed by atoms with Gasteiger partial charge in [-0.15, -0.1) is 0 Å². The van der Waals surface area contributed by atoms with E-state index in [1.54, 1.807) is 11.9 Å². The van der Waals surface area contributed by atoms with E-state index in [9.17, 15) is 9.18 Å². The molecular formula is C13H19ClFN3O. The maximum Gasteiger partial charge on any atom is 0.239 e. The number of carbonyl (C=O) groups is 1. The third kappa shape index (κ3) is 4.59. The highest BCUT2D eigenvalue weighted by molar-refractivity contribution is 6.31. The Morgan fingerprint density at radius 1 is 1.53 bits per heavy atom. The topological polar surface area (TPSA) is 58.4 Å². The molecule has 0 aliphatic carbocycles. The van der Waals surface area contributed by atoms with Crippen molar-refractivity contribution in [2.75, 3.05) is 30.8 Å². The van der Waals surface area contributed by atoms with Crippen molar-refractivity contribution >= 4 is 28.9 Å². The van der Waals surface area contributed by atoms with E-state index < -0.39 is 5.82 Å². The number of hydrogen-bond donors (Lipinski definition) is 2. The second kappa shape index (κ2) is 6.61. The number of nitrogens with one attached hydrogen (secondary N) is 1. The van der Waals surface area contributed by atoms with Gasteiger partial charge in [0.2, 0.25) is 5.91 Å². The molecule has 6 heteroatoms. The predicted octanol–water partition coefficient (Wildman–Crippen LogP) is 2.27. The summed E-state index contributed by atoms with van der Waals surface area (Å²) in [6, 6.07) is 2.57. The number of amides is 1. The highest BCUT2D eigenvalue weighted by atomic mass is 35.5. The standard InChI is InChI=1S/C13H19ClFN3O/c1-8(2)6-17-13(19)7-18(3)12-5-10(15)9(14)4-11(12)16/h4-5,8H,6-7,16H2,1-3H3,(H,17,19). The van der Waals surface area contributed by atoms with Crippen LogP contribution in [0, 0.1) is 11.7 Å². The number of rotatable bonds is 5. The van der Waals surface area contributed by atoms with Crippen LogP contribution < -0.4 is 16.0 Å². The number of anilines is 2. The number of halogens is 2. The molecule has 0 radical (unpaired) electrons. The van der Waals surface area contributed by atoms with Crippen LogP contribution in [0.15, 0.2) is 12.1 Å². The fraction of sp³-hybridized carbons (Fsp3) is 0.462. The summed E-state index contributed by atoms with van der Waals surface area (Å²) in [6.07, 6.45) is 0. The van der Waals surface area contributed by atoms with E-state index in [1.165, 1.54) is 12.1 Å². The van der Waals surface area contributed by atoms with Gasteiger partial charge in [0.25, 0.3) is 0 Å². The van der Waals surface area contributed by atoms with Crippen LogP contribution in [0.4, 0.5) is 15.8 Å². The molecule has 0 aromatic heterocycles. The molecule has 1 rings (SSSR count). The van der Waals surface area contributed by atoms with Crippen molar-refractivity contribution in [3.63, 3.8) is 0 Å². The Bertz CT molecular complexity index is 465. The summed E-state index contributed by atoms with van der Waals surface area (Å²) in [6.45, 7) is 4.74. The number of hydrogen-bond acceptors (Lipinski definition) is 3. The van der Waals surface area contributed by atoms with Crippen LogP contribution in [0.1, 0.15) is 13.8 Å². The molecule has 0 unspecified atom stereocenters. The summed E-state index contributed by atoms with van der Waals surface area (Å²) < 4.78 is 13.4. The lowest BCUT2D eigenvalue weighted by Crippen LogP contribution is -2.37. The van der Waals surface area contributed by atoms with Gasteiger partial charge in [0.1, 0.15) is 5.82 Å². The van der Waals surface area contributed by atoms with Crippen LogP contribution in [0.5, 0.6) is 0 Å². The smallest absolute Gasteiger partial charge is 0.239 e. The number of nitrogen functional groups attached to an aromatic ring is 1. The Labute approximate surface area is 117 Å². The van der Waals surface area contributed by atoms with Gasteiger partial charge in [0.15, 0.2) is 0 Å². The van der Waals surface area contributed by atoms with Crippen molar-refractivity contribution < 1.29 is 9.18 Å². The average molecular weight is 288 g/mol. The second-order valence-corrected chi connectivity index (χ2v) is 5.29. The van der Waals surface area contributed by atoms with Gasteiger partial charge in [0.05, 0.1) is 22.9 Å². The summed E-state index contributed by atoms with van der Waals surface area (Å²) in [4.78, 5) is 13.3. The lowest BCUT2D eigenvalue weighted by molar-refractivity contribution is -0.119. The zero-order chi connectivity index (χ0) is 14.6.